The van der Waals surface area contributed by atoms with Gasteiger partial charge in [0, 0.05) is 25.8 Å². The lowest BCUT2D eigenvalue weighted by atomic mass is 10.3. The summed E-state index contributed by atoms with van der Waals surface area (Å²) in [6.45, 7) is 0. The minimum Gasteiger partial charge on any atom is -0.434 e. The van der Waals surface area contributed by atoms with Gasteiger partial charge in [-0.05, 0) is 12.1 Å². The molecule has 0 spiro atoms. The van der Waals surface area contributed by atoms with Gasteiger partial charge in [0.1, 0.15) is 5.52 Å². The SMILES string of the molecule is CN(C)c1ccc2nc(C=O)oc2c1. The first-order valence-corrected chi connectivity index (χ1v) is 4.24. The number of fused-ring (bicyclic) bond motifs is 1. The summed E-state index contributed by atoms with van der Waals surface area (Å²) in [6, 6.07) is 5.62. The molecule has 0 radical (unpaired) electrons. The summed E-state index contributed by atoms with van der Waals surface area (Å²) >= 11 is 0. The molecule has 14 heavy (non-hydrogen) atoms. The van der Waals surface area contributed by atoms with E-state index in [-0.39, 0.29) is 5.89 Å². The predicted molar refractivity (Wildman–Crippen MR) is 53.7 cm³/mol. The van der Waals surface area contributed by atoms with Crippen molar-refractivity contribution >= 4 is 23.1 Å². The maximum Gasteiger partial charge on any atom is 0.260 e. The first kappa shape index (κ1) is 8.74. The molecular weight excluding hydrogens is 180 g/mol. The number of rotatable bonds is 2. The Balaban J connectivity index is 2.59. The van der Waals surface area contributed by atoms with Gasteiger partial charge >= 0.3 is 0 Å². The fraction of sp³-hybridized carbons (Fsp3) is 0.200. The van der Waals surface area contributed by atoms with E-state index in [1.807, 2.05) is 37.2 Å². The first-order chi connectivity index (χ1) is 6.70. The van der Waals surface area contributed by atoms with Gasteiger partial charge < -0.3 is 9.32 Å². The first-order valence-electron chi connectivity index (χ1n) is 4.24. The second kappa shape index (κ2) is 3.14. The third-order valence-corrected chi connectivity index (χ3v) is 2.01. The fourth-order valence-corrected chi connectivity index (χ4v) is 1.26. The zero-order valence-electron chi connectivity index (χ0n) is 8.02. The smallest absolute Gasteiger partial charge is 0.260 e. The van der Waals surface area contributed by atoms with Crippen LogP contribution in [0.4, 0.5) is 5.69 Å². The molecule has 1 heterocycles. The predicted octanol–water partition coefficient (Wildman–Crippen LogP) is 1.71. The zero-order chi connectivity index (χ0) is 10.1. The van der Waals surface area contributed by atoms with Gasteiger partial charge in [-0.1, -0.05) is 0 Å². The van der Waals surface area contributed by atoms with E-state index in [0.717, 1.165) is 5.69 Å². The molecule has 0 saturated carbocycles. The Morgan fingerprint density at radius 3 is 2.86 bits per heavy atom. The van der Waals surface area contributed by atoms with Crippen molar-refractivity contribution in [2.75, 3.05) is 19.0 Å². The number of hydrogen-bond acceptors (Lipinski definition) is 4. The summed E-state index contributed by atoms with van der Waals surface area (Å²) in [6.07, 6.45) is 0.606. The molecule has 0 bridgehead atoms. The monoisotopic (exact) mass is 190 g/mol. The van der Waals surface area contributed by atoms with E-state index in [9.17, 15) is 4.79 Å². The standard InChI is InChI=1S/C10H10N2O2/c1-12(2)7-3-4-8-9(5-7)14-10(6-13)11-8/h3-6H,1-2H3. The third-order valence-electron chi connectivity index (χ3n) is 2.01. The lowest BCUT2D eigenvalue weighted by Crippen LogP contribution is -2.07. The molecule has 1 aromatic carbocycles. The lowest BCUT2D eigenvalue weighted by Gasteiger charge is -2.10. The van der Waals surface area contributed by atoms with Crippen molar-refractivity contribution in [3.63, 3.8) is 0 Å². The van der Waals surface area contributed by atoms with Crippen LogP contribution in [0.3, 0.4) is 0 Å². The molecule has 0 fully saturated rings. The molecule has 0 amide bonds. The average molecular weight is 190 g/mol. The number of nitrogens with zero attached hydrogens (tertiary/aromatic N) is 2. The average Bonchev–Trinajstić information content (AvgIpc) is 2.58. The summed E-state index contributed by atoms with van der Waals surface area (Å²) in [5.41, 5.74) is 2.36. The quantitative estimate of drug-likeness (QED) is 0.676. The van der Waals surface area contributed by atoms with Crippen molar-refractivity contribution in [3.8, 4) is 0 Å². The fourth-order valence-electron chi connectivity index (χ4n) is 1.26. The van der Waals surface area contributed by atoms with Crippen LogP contribution < -0.4 is 4.90 Å². The Kier molecular flexibility index (Phi) is 1.96. The molecule has 0 aliphatic rings. The molecule has 4 nitrogen and oxygen atoms in total. The van der Waals surface area contributed by atoms with Crippen LogP contribution in [-0.2, 0) is 0 Å². The highest BCUT2D eigenvalue weighted by atomic mass is 16.4. The van der Waals surface area contributed by atoms with Crippen LogP contribution in [-0.4, -0.2) is 25.4 Å². The maximum absolute atomic E-state index is 10.4. The van der Waals surface area contributed by atoms with E-state index in [2.05, 4.69) is 4.98 Å². The minimum atomic E-state index is 0.121. The third kappa shape index (κ3) is 1.35. The van der Waals surface area contributed by atoms with Crippen molar-refractivity contribution in [2.45, 2.75) is 0 Å². The molecular formula is C10H10N2O2. The second-order valence-electron chi connectivity index (χ2n) is 3.22. The summed E-state index contributed by atoms with van der Waals surface area (Å²) in [5, 5.41) is 0. The Morgan fingerprint density at radius 2 is 2.21 bits per heavy atom. The van der Waals surface area contributed by atoms with E-state index in [1.54, 1.807) is 0 Å². The topological polar surface area (TPSA) is 46.3 Å². The Hall–Kier alpha value is -1.84. The molecule has 0 unspecified atom stereocenters. The Morgan fingerprint density at radius 1 is 1.43 bits per heavy atom. The van der Waals surface area contributed by atoms with Crippen molar-refractivity contribution in [1.82, 2.24) is 4.98 Å². The van der Waals surface area contributed by atoms with Gasteiger partial charge in [0.15, 0.2) is 5.58 Å². The molecule has 0 aliphatic heterocycles. The molecule has 4 heteroatoms. The molecule has 72 valence electrons. The number of benzene rings is 1. The summed E-state index contributed by atoms with van der Waals surface area (Å²) < 4.78 is 5.20. The van der Waals surface area contributed by atoms with Crippen molar-refractivity contribution in [3.05, 3.63) is 24.1 Å². The van der Waals surface area contributed by atoms with Crippen molar-refractivity contribution in [2.24, 2.45) is 0 Å². The van der Waals surface area contributed by atoms with Gasteiger partial charge in [0.25, 0.3) is 5.89 Å². The molecule has 0 atom stereocenters. The van der Waals surface area contributed by atoms with E-state index in [0.29, 0.717) is 17.4 Å². The van der Waals surface area contributed by atoms with E-state index in [1.165, 1.54) is 0 Å². The van der Waals surface area contributed by atoms with Crippen LogP contribution in [0.2, 0.25) is 0 Å². The van der Waals surface area contributed by atoms with E-state index >= 15 is 0 Å². The molecule has 1 aromatic heterocycles. The molecule has 0 aliphatic carbocycles. The largest absolute Gasteiger partial charge is 0.434 e. The summed E-state index contributed by atoms with van der Waals surface area (Å²) in [7, 11) is 3.89. The van der Waals surface area contributed by atoms with Crippen LogP contribution in [0.25, 0.3) is 11.1 Å². The summed E-state index contributed by atoms with van der Waals surface area (Å²) in [5.74, 6) is 0.121. The minimum absolute atomic E-state index is 0.121. The summed E-state index contributed by atoms with van der Waals surface area (Å²) in [4.78, 5) is 16.4. The van der Waals surface area contributed by atoms with Crippen LogP contribution in [0.15, 0.2) is 22.6 Å². The highest BCUT2D eigenvalue weighted by molar-refractivity contribution is 5.81. The van der Waals surface area contributed by atoms with Crippen LogP contribution >= 0.6 is 0 Å². The second-order valence-corrected chi connectivity index (χ2v) is 3.22. The highest BCUT2D eigenvalue weighted by Gasteiger charge is 2.05. The van der Waals surface area contributed by atoms with E-state index < -0.39 is 0 Å². The maximum atomic E-state index is 10.4. The molecule has 2 rings (SSSR count). The van der Waals surface area contributed by atoms with Gasteiger partial charge in [-0.2, -0.15) is 0 Å². The van der Waals surface area contributed by atoms with Crippen LogP contribution in [0.1, 0.15) is 10.7 Å². The van der Waals surface area contributed by atoms with E-state index in [4.69, 9.17) is 4.42 Å². The molecule has 0 N–H and O–H groups in total. The van der Waals surface area contributed by atoms with Crippen LogP contribution in [0.5, 0.6) is 0 Å². The van der Waals surface area contributed by atoms with Gasteiger partial charge in [-0.3, -0.25) is 4.79 Å². The Bertz CT molecular complexity index is 474. The Labute approximate surface area is 81.1 Å². The van der Waals surface area contributed by atoms with Gasteiger partial charge in [-0.15, -0.1) is 0 Å². The highest BCUT2D eigenvalue weighted by Crippen LogP contribution is 2.20. The molecule has 2 aromatic rings. The number of carbonyl (C=O) groups excluding carboxylic acids is 1. The van der Waals surface area contributed by atoms with Gasteiger partial charge in [0.05, 0.1) is 0 Å². The van der Waals surface area contributed by atoms with Crippen molar-refractivity contribution < 1.29 is 9.21 Å². The number of carbonyl (C=O) groups is 1. The van der Waals surface area contributed by atoms with Gasteiger partial charge in [0.2, 0.25) is 6.29 Å². The van der Waals surface area contributed by atoms with Crippen molar-refractivity contribution in [1.29, 1.82) is 0 Å². The number of anilines is 1. The number of oxazole rings is 1. The number of hydrogen-bond donors (Lipinski definition) is 0. The number of aromatic nitrogens is 1. The van der Waals surface area contributed by atoms with Gasteiger partial charge in [-0.25, -0.2) is 4.98 Å². The van der Waals surface area contributed by atoms with Crippen LogP contribution in [0, 0.1) is 0 Å². The molecule has 0 saturated heterocycles. The lowest BCUT2D eigenvalue weighted by molar-refractivity contribution is 0.109. The zero-order valence-corrected chi connectivity index (χ0v) is 8.02. The number of aldehydes is 1. The normalized spacial score (nSPS) is 10.4.